The lowest BCUT2D eigenvalue weighted by molar-refractivity contribution is 0.388. The van der Waals surface area contributed by atoms with E-state index in [1.807, 2.05) is 6.92 Å². The second-order valence-electron chi connectivity index (χ2n) is 6.41. The summed E-state index contributed by atoms with van der Waals surface area (Å²) in [6, 6.07) is 4.24. The fraction of sp³-hybridized carbons (Fsp3) is 0.667. The molecule has 21 heavy (non-hydrogen) atoms. The first-order chi connectivity index (χ1) is 10.1. The van der Waals surface area contributed by atoms with Gasteiger partial charge in [-0.2, -0.15) is 0 Å². The molecule has 1 fully saturated rings. The summed E-state index contributed by atoms with van der Waals surface area (Å²) in [7, 11) is 0. The third-order valence-corrected chi connectivity index (χ3v) is 4.70. The van der Waals surface area contributed by atoms with Crippen LogP contribution < -0.4 is 5.32 Å². The molecule has 1 aromatic carbocycles. The maximum absolute atomic E-state index is 13.8. The third-order valence-electron chi connectivity index (χ3n) is 4.70. The molecule has 2 rings (SSSR count). The van der Waals surface area contributed by atoms with Crippen molar-refractivity contribution in [3.05, 3.63) is 35.4 Å². The van der Waals surface area contributed by atoms with Crippen molar-refractivity contribution < 1.29 is 8.78 Å². The smallest absolute Gasteiger partial charge is 0.130 e. The molecule has 0 radical (unpaired) electrons. The molecule has 1 aromatic rings. The van der Waals surface area contributed by atoms with Crippen LogP contribution in [0.1, 0.15) is 70.4 Å². The van der Waals surface area contributed by atoms with E-state index in [-0.39, 0.29) is 6.04 Å². The van der Waals surface area contributed by atoms with Crippen molar-refractivity contribution in [3.63, 3.8) is 0 Å². The lowest BCUT2D eigenvalue weighted by Crippen LogP contribution is -2.31. The Labute approximate surface area is 127 Å². The molecule has 0 saturated heterocycles. The molecule has 3 atom stereocenters. The van der Waals surface area contributed by atoms with Gasteiger partial charge in [0.2, 0.25) is 0 Å². The molecule has 0 heterocycles. The van der Waals surface area contributed by atoms with Gasteiger partial charge in [0.25, 0.3) is 0 Å². The van der Waals surface area contributed by atoms with Gasteiger partial charge >= 0.3 is 0 Å². The Morgan fingerprint density at radius 2 is 2.00 bits per heavy atom. The van der Waals surface area contributed by atoms with E-state index in [9.17, 15) is 8.78 Å². The number of rotatable bonds is 5. The number of benzene rings is 1. The highest BCUT2D eigenvalue weighted by Gasteiger charge is 2.21. The Morgan fingerprint density at radius 3 is 2.71 bits per heavy atom. The molecule has 0 amide bonds. The van der Waals surface area contributed by atoms with E-state index in [0.717, 1.165) is 24.8 Å². The van der Waals surface area contributed by atoms with Crippen molar-refractivity contribution in [3.8, 4) is 0 Å². The van der Waals surface area contributed by atoms with Gasteiger partial charge in [-0.15, -0.1) is 0 Å². The lowest BCUT2D eigenvalue weighted by Gasteiger charge is -2.23. The molecule has 0 spiro atoms. The Bertz CT molecular complexity index is 447. The summed E-state index contributed by atoms with van der Waals surface area (Å²) in [6.07, 6.45) is 8.76. The molecule has 1 saturated carbocycles. The Balaban J connectivity index is 1.91. The van der Waals surface area contributed by atoms with Gasteiger partial charge < -0.3 is 5.32 Å². The molecule has 3 unspecified atom stereocenters. The van der Waals surface area contributed by atoms with Crippen molar-refractivity contribution >= 4 is 0 Å². The van der Waals surface area contributed by atoms with Gasteiger partial charge in [-0.25, -0.2) is 8.78 Å². The number of halogens is 2. The highest BCUT2D eigenvalue weighted by molar-refractivity contribution is 5.21. The molecule has 1 aliphatic carbocycles. The zero-order chi connectivity index (χ0) is 15.2. The molecule has 1 N–H and O–H groups in total. The van der Waals surface area contributed by atoms with Crippen LogP contribution >= 0.6 is 0 Å². The molecule has 0 aromatic heterocycles. The highest BCUT2D eigenvalue weighted by Crippen LogP contribution is 2.28. The first-order valence-corrected chi connectivity index (χ1v) is 8.31. The van der Waals surface area contributed by atoms with E-state index >= 15 is 0 Å². The minimum Gasteiger partial charge on any atom is -0.307 e. The third kappa shape index (κ3) is 4.77. The van der Waals surface area contributed by atoms with E-state index in [0.29, 0.717) is 11.6 Å². The van der Waals surface area contributed by atoms with Crippen LogP contribution in [0.4, 0.5) is 8.78 Å². The summed E-state index contributed by atoms with van der Waals surface area (Å²) < 4.78 is 26.8. The van der Waals surface area contributed by atoms with E-state index in [4.69, 9.17) is 0 Å². The van der Waals surface area contributed by atoms with Crippen LogP contribution in [0.25, 0.3) is 0 Å². The second-order valence-corrected chi connectivity index (χ2v) is 6.41. The fourth-order valence-corrected chi connectivity index (χ4v) is 3.54. The minimum atomic E-state index is -0.514. The van der Waals surface area contributed by atoms with Crippen molar-refractivity contribution in [2.45, 2.75) is 70.9 Å². The summed E-state index contributed by atoms with van der Waals surface area (Å²) in [5.74, 6) is -0.104. The average molecular weight is 295 g/mol. The number of nitrogens with one attached hydrogen (secondary N) is 1. The standard InChI is InChI=1S/C18H27F2N/c1-3-5-14-6-4-7-16(10-8-14)21-13(2)17-11-9-15(19)12-18(17)20/h9,11-14,16,21H,3-8,10H2,1-2H3. The maximum atomic E-state index is 13.8. The largest absolute Gasteiger partial charge is 0.307 e. The zero-order valence-corrected chi connectivity index (χ0v) is 13.2. The van der Waals surface area contributed by atoms with Gasteiger partial charge in [0, 0.05) is 23.7 Å². The Morgan fingerprint density at radius 1 is 1.19 bits per heavy atom. The van der Waals surface area contributed by atoms with Gasteiger partial charge in [-0.05, 0) is 38.2 Å². The minimum absolute atomic E-state index is 0.0710. The predicted molar refractivity (Wildman–Crippen MR) is 83.2 cm³/mol. The monoisotopic (exact) mass is 295 g/mol. The van der Waals surface area contributed by atoms with Crippen LogP contribution in [0.15, 0.2) is 18.2 Å². The predicted octanol–water partition coefficient (Wildman–Crippen LogP) is 5.36. The normalized spacial score (nSPS) is 24.6. The van der Waals surface area contributed by atoms with E-state index in [1.54, 1.807) is 6.07 Å². The molecular weight excluding hydrogens is 268 g/mol. The van der Waals surface area contributed by atoms with Crippen LogP contribution in [0.3, 0.4) is 0 Å². The van der Waals surface area contributed by atoms with Crippen molar-refractivity contribution in [1.29, 1.82) is 0 Å². The zero-order valence-electron chi connectivity index (χ0n) is 13.2. The average Bonchev–Trinajstić information content (AvgIpc) is 2.65. The summed E-state index contributed by atoms with van der Waals surface area (Å²) in [4.78, 5) is 0. The number of hydrogen-bond donors (Lipinski definition) is 1. The molecule has 1 nitrogen and oxygen atoms in total. The molecule has 0 bridgehead atoms. The van der Waals surface area contributed by atoms with Crippen molar-refractivity contribution in [1.82, 2.24) is 5.32 Å². The summed E-state index contributed by atoms with van der Waals surface area (Å²) in [5, 5.41) is 3.54. The van der Waals surface area contributed by atoms with E-state index < -0.39 is 11.6 Å². The summed E-state index contributed by atoms with van der Waals surface area (Å²) in [5.41, 5.74) is 0.561. The van der Waals surface area contributed by atoms with Crippen molar-refractivity contribution in [2.24, 2.45) is 5.92 Å². The van der Waals surface area contributed by atoms with Gasteiger partial charge in [0.1, 0.15) is 11.6 Å². The highest BCUT2D eigenvalue weighted by atomic mass is 19.1. The first kappa shape index (κ1) is 16.4. The molecule has 1 aliphatic rings. The Hall–Kier alpha value is -0.960. The molecule has 118 valence electrons. The second kappa shape index (κ2) is 7.88. The maximum Gasteiger partial charge on any atom is 0.130 e. The topological polar surface area (TPSA) is 12.0 Å². The van der Waals surface area contributed by atoms with Gasteiger partial charge in [0.15, 0.2) is 0 Å². The summed E-state index contributed by atoms with van der Waals surface area (Å²) >= 11 is 0. The molecular formula is C18H27F2N. The van der Waals surface area contributed by atoms with Crippen LogP contribution in [0.5, 0.6) is 0 Å². The van der Waals surface area contributed by atoms with Crippen LogP contribution in [0, 0.1) is 17.6 Å². The fourth-order valence-electron chi connectivity index (χ4n) is 3.54. The van der Waals surface area contributed by atoms with Crippen LogP contribution in [0.2, 0.25) is 0 Å². The molecule has 3 heteroatoms. The van der Waals surface area contributed by atoms with Crippen LogP contribution in [-0.2, 0) is 0 Å². The summed E-state index contributed by atoms with van der Waals surface area (Å²) in [6.45, 7) is 4.21. The van der Waals surface area contributed by atoms with E-state index in [2.05, 4.69) is 12.2 Å². The Kier molecular flexibility index (Phi) is 6.16. The van der Waals surface area contributed by atoms with E-state index in [1.165, 1.54) is 38.2 Å². The van der Waals surface area contributed by atoms with Gasteiger partial charge in [-0.3, -0.25) is 0 Å². The lowest BCUT2D eigenvalue weighted by atomic mass is 9.95. The first-order valence-electron chi connectivity index (χ1n) is 8.31. The van der Waals surface area contributed by atoms with Crippen molar-refractivity contribution in [2.75, 3.05) is 0 Å². The van der Waals surface area contributed by atoms with Gasteiger partial charge in [-0.1, -0.05) is 38.7 Å². The SMILES string of the molecule is CCCC1CCCC(NC(C)c2ccc(F)cc2F)CC1. The number of hydrogen-bond acceptors (Lipinski definition) is 1. The van der Waals surface area contributed by atoms with Crippen LogP contribution in [-0.4, -0.2) is 6.04 Å². The van der Waals surface area contributed by atoms with Gasteiger partial charge in [0.05, 0.1) is 0 Å². The molecule has 0 aliphatic heterocycles. The quantitative estimate of drug-likeness (QED) is 0.721.